The molecule has 0 radical (unpaired) electrons. The summed E-state index contributed by atoms with van der Waals surface area (Å²) in [6.07, 6.45) is 3.88. The van der Waals surface area contributed by atoms with Gasteiger partial charge in [0, 0.05) is 26.7 Å². The third-order valence-corrected chi connectivity index (χ3v) is 1.68. The van der Waals surface area contributed by atoms with Gasteiger partial charge in [0.25, 0.3) is 0 Å². The van der Waals surface area contributed by atoms with E-state index in [9.17, 15) is 0 Å². The van der Waals surface area contributed by atoms with Crippen LogP contribution in [-0.4, -0.2) is 21.7 Å². The molecular formula is C6H12NO+. The number of hydrogen-bond donors (Lipinski definition) is 1. The highest BCUT2D eigenvalue weighted by Crippen LogP contribution is 2.18. The van der Waals surface area contributed by atoms with Crippen molar-refractivity contribution in [1.82, 2.24) is 0 Å². The lowest BCUT2D eigenvalue weighted by Gasteiger charge is -2.07. The Kier molecular flexibility index (Phi) is 1.03. The fourth-order valence-corrected chi connectivity index (χ4v) is 0.902. The summed E-state index contributed by atoms with van der Waals surface area (Å²) in [5, 5.41) is 9.03. The van der Waals surface area contributed by atoms with E-state index in [1.807, 2.05) is 20.1 Å². The largest absolute Gasteiger partial charge is 0.291 e. The third-order valence-electron chi connectivity index (χ3n) is 1.68. The van der Waals surface area contributed by atoms with Crippen LogP contribution in [0.15, 0.2) is 0 Å². The van der Waals surface area contributed by atoms with Crippen LogP contribution in [0.2, 0.25) is 0 Å². The lowest BCUT2D eigenvalue weighted by atomic mass is 10.0. The van der Waals surface area contributed by atoms with E-state index >= 15 is 0 Å². The van der Waals surface area contributed by atoms with Gasteiger partial charge in [-0.3, -0.25) is 5.21 Å². The minimum atomic E-state index is -0.0139. The minimum absolute atomic E-state index is 0.0139. The van der Waals surface area contributed by atoms with Gasteiger partial charge in [-0.15, -0.1) is 0 Å². The van der Waals surface area contributed by atoms with Crippen molar-refractivity contribution in [3.8, 4) is 0 Å². The molecule has 2 heteroatoms. The Morgan fingerprint density at radius 2 is 2.25 bits per heavy atom. The molecule has 8 heavy (non-hydrogen) atoms. The number of rotatable bonds is 0. The summed E-state index contributed by atoms with van der Waals surface area (Å²) in [7, 11) is 0. The lowest BCUT2D eigenvalue weighted by molar-refractivity contribution is -0.814. The highest BCUT2D eigenvalue weighted by atomic mass is 16.5. The summed E-state index contributed by atoms with van der Waals surface area (Å²) in [4.78, 5) is 0. The summed E-state index contributed by atoms with van der Waals surface area (Å²) in [6.45, 7) is 4.05. The van der Waals surface area contributed by atoms with E-state index in [1.54, 1.807) is 0 Å². The Morgan fingerprint density at radius 3 is 2.38 bits per heavy atom. The van der Waals surface area contributed by atoms with Gasteiger partial charge in [-0.25, -0.2) is 0 Å². The van der Waals surface area contributed by atoms with E-state index in [4.69, 9.17) is 5.21 Å². The lowest BCUT2D eigenvalue weighted by Crippen LogP contribution is -2.28. The molecule has 0 aromatic heterocycles. The molecule has 0 saturated carbocycles. The molecular weight excluding hydrogens is 102 g/mol. The molecule has 0 atom stereocenters. The second-order valence-corrected chi connectivity index (χ2v) is 2.88. The molecule has 0 bridgehead atoms. The molecule has 2 nitrogen and oxygen atoms in total. The molecule has 46 valence electrons. The zero-order valence-corrected chi connectivity index (χ0v) is 5.39. The van der Waals surface area contributed by atoms with Crippen LogP contribution in [0, 0.1) is 0 Å². The molecule has 0 aromatic carbocycles. The molecule has 0 aliphatic carbocycles. The van der Waals surface area contributed by atoms with Crippen LogP contribution < -0.4 is 0 Å². The van der Waals surface area contributed by atoms with Gasteiger partial charge >= 0.3 is 0 Å². The van der Waals surface area contributed by atoms with Crippen LogP contribution in [0.3, 0.4) is 0 Å². The molecule has 0 saturated heterocycles. The average molecular weight is 114 g/mol. The van der Waals surface area contributed by atoms with Gasteiger partial charge in [0.05, 0.1) is 0 Å². The van der Waals surface area contributed by atoms with Gasteiger partial charge < -0.3 is 0 Å². The maximum absolute atomic E-state index is 9.03. The van der Waals surface area contributed by atoms with Gasteiger partial charge in [-0.2, -0.15) is 0 Å². The zero-order valence-electron chi connectivity index (χ0n) is 5.39. The van der Waals surface area contributed by atoms with Gasteiger partial charge in [0.2, 0.25) is 5.54 Å². The van der Waals surface area contributed by atoms with E-state index in [-0.39, 0.29) is 5.54 Å². The van der Waals surface area contributed by atoms with Crippen molar-refractivity contribution in [2.75, 3.05) is 0 Å². The van der Waals surface area contributed by atoms with E-state index in [2.05, 4.69) is 0 Å². The van der Waals surface area contributed by atoms with Crippen molar-refractivity contribution < 1.29 is 9.95 Å². The van der Waals surface area contributed by atoms with Crippen LogP contribution >= 0.6 is 0 Å². The first-order valence-corrected chi connectivity index (χ1v) is 2.94. The Balaban J connectivity index is 2.73. The van der Waals surface area contributed by atoms with Crippen LogP contribution in [0.25, 0.3) is 0 Å². The van der Waals surface area contributed by atoms with Crippen LogP contribution in [0.4, 0.5) is 0 Å². The number of hydrogen-bond acceptors (Lipinski definition) is 1. The maximum Gasteiger partial charge on any atom is 0.206 e. The number of nitrogens with zero attached hydrogens (tertiary/aromatic N) is 1. The topological polar surface area (TPSA) is 23.2 Å². The Hall–Kier alpha value is -0.530. The molecule has 0 fully saturated rings. The maximum atomic E-state index is 9.03. The first-order valence-electron chi connectivity index (χ1n) is 2.94. The Labute approximate surface area is 49.4 Å². The molecule has 1 aliphatic heterocycles. The predicted octanol–water partition coefficient (Wildman–Crippen LogP) is 1.03. The van der Waals surface area contributed by atoms with Crippen molar-refractivity contribution in [2.45, 2.75) is 32.2 Å². The first kappa shape index (κ1) is 5.60. The second-order valence-electron chi connectivity index (χ2n) is 2.88. The van der Waals surface area contributed by atoms with Crippen molar-refractivity contribution in [3.63, 3.8) is 0 Å². The molecule has 0 unspecified atom stereocenters. The molecule has 1 N–H and O–H groups in total. The van der Waals surface area contributed by atoms with Crippen LogP contribution in [-0.2, 0) is 0 Å². The molecule has 1 rings (SSSR count). The van der Waals surface area contributed by atoms with Gasteiger partial charge in [0.1, 0.15) is 0 Å². The van der Waals surface area contributed by atoms with Crippen molar-refractivity contribution in [2.24, 2.45) is 0 Å². The van der Waals surface area contributed by atoms with E-state index in [1.165, 1.54) is 4.74 Å². The monoisotopic (exact) mass is 114 g/mol. The molecule has 0 amide bonds. The van der Waals surface area contributed by atoms with Crippen molar-refractivity contribution >= 4 is 6.21 Å². The summed E-state index contributed by atoms with van der Waals surface area (Å²) in [5.74, 6) is 0. The average Bonchev–Trinajstić information content (AvgIpc) is 1.86. The predicted molar refractivity (Wildman–Crippen MR) is 31.4 cm³/mol. The SMILES string of the molecule is CC1(C)CCC=[N+]1O. The van der Waals surface area contributed by atoms with Gasteiger partial charge in [-0.05, 0) is 4.74 Å². The Morgan fingerprint density at radius 1 is 1.62 bits per heavy atom. The van der Waals surface area contributed by atoms with Crippen molar-refractivity contribution in [3.05, 3.63) is 0 Å². The van der Waals surface area contributed by atoms with Crippen molar-refractivity contribution in [1.29, 1.82) is 0 Å². The fourth-order valence-electron chi connectivity index (χ4n) is 0.902. The van der Waals surface area contributed by atoms with Crippen LogP contribution in [0.5, 0.6) is 0 Å². The van der Waals surface area contributed by atoms with E-state index in [0.29, 0.717) is 0 Å². The quantitative estimate of drug-likeness (QED) is 0.369. The highest BCUT2D eigenvalue weighted by molar-refractivity contribution is 5.52. The minimum Gasteiger partial charge on any atom is -0.291 e. The van der Waals surface area contributed by atoms with Gasteiger partial charge in [0.15, 0.2) is 6.21 Å². The number of hydroxylamine groups is 1. The van der Waals surface area contributed by atoms with E-state index < -0.39 is 0 Å². The fraction of sp³-hybridized carbons (Fsp3) is 0.833. The smallest absolute Gasteiger partial charge is 0.206 e. The third kappa shape index (κ3) is 0.703. The zero-order chi connectivity index (χ0) is 6.20. The Bertz CT molecular complexity index is 126. The van der Waals surface area contributed by atoms with Gasteiger partial charge in [-0.1, -0.05) is 0 Å². The highest BCUT2D eigenvalue weighted by Gasteiger charge is 2.35. The molecule has 1 aliphatic rings. The van der Waals surface area contributed by atoms with E-state index in [0.717, 1.165) is 12.8 Å². The summed E-state index contributed by atoms with van der Waals surface area (Å²) in [5.41, 5.74) is -0.0139. The normalized spacial score (nSPS) is 25.5. The standard InChI is InChI=1S/C6H12NO/c1-6(2)4-3-5-7(6)8/h5,8H,3-4H2,1-2H3/q+1. The second kappa shape index (κ2) is 1.47. The first-order chi connectivity index (χ1) is 3.63. The molecule has 0 aromatic rings. The summed E-state index contributed by atoms with van der Waals surface area (Å²) in [6, 6.07) is 0. The molecule has 0 spiro atoms. The molecule has 1 heterocycles. The summed E-state index contributed by atoms with van der Waals surface area (Å²) >= 11 is 0. The summed E-state index contributed by atoms with van der Waals surface area (Å²) < 4.78 is 1.30. The van der Waals surface area contributed by atoms with Crippen LogP contribution in [0.1, 0.15) is 26.7 Å².